The van der Waals surface area contributed by atoms with Gasteiger partial charge in [-0.15, -0.1) is 0 Å². The van der Waals surface area contributed by atoms with Crippen LogP contribution in [0.5, 0.6) is 0 Å². The van der Waals surface area contributed by atoms with Crippen molar-refractivity contribution in [3.63, 3.8) is 0 Å². The topological polar surface area (TPSA) is 40.5 Å². The molecule has 0 unspecified atom stereocenters. The molecule has 1 aliphatic rings. The summed E-state index contributed by atoms with van der Waals surface area (Å²) in [6.45, 7) is 0. The maximum atomic E-state index is 11.5. The Labute approximate surface area is 95.7 Å². The number of anilines is 1. The molecule has 1 fully saturated rings. The van der Waals surface area contributed by atoms with Crippen molar-refractivity contribution in [2.45, 2.75) is 31.2 Å². The molecule has 0 bridgehead atoms. The Morgan fingerprint density at radius 3 is 2.31 bits per heavy atom. The van der Waals surface area contributed by atoms with Crippen molar-refractivity contribution < 1.29 is 9.90 Å². The molecule has 0 saturated heterocycles. The molecule has 86 valence electrons. The zero-order valence-corrected chi connectivity index (χ0v) is 9.52. The number of para-hydroxylation sites is 1. The highest BCUT2D eigenvalue weighted by Crippen LogP contribution is 2.37. The predicted octanol–water partition coefficient (Wildman–Crippen LogP) is 2.52. The summed E-state index contributed by atoms with van der Waals surface area (Å²) in [5.41, 5.74) is 0.285. The highest BCUT2D eigenvalue weighted by Gasteiger charge is 2.45. The van der Waals surface area contributed by atoms with Gasteiger partial charge >= 0.3 is 5.97 Å². The largest absolute Gasteiger partial charge is 0.479 e. The zero-order valence-electron chi connectivity index (χ0n) is 9.52. The van der Waals surface area contributed by atoms with E-state index in [1.54, 1.807) is 0 Å². The lowest BCUT2D eigenvalue weighted by Gasteiger charge is -2.36. The van der Waals surface area contributed by atoms with Gasteiger partial charge in [0.2, 0.25) is 0 Å². The quantitative estimate of drug-likeness (QED) is 0.849. The Morgan fingerprint density at radius 2 is 1.81 bits per heavy atom. The van der Waals surface area contributed by atoms with E-state index in [4.69, 9.17) is 0 Å². The number of carbonyl (C=O) groups is 1. The van der Waals surface area contributed by atoms with Crippen LogP contribution < -0.4 is 4.90 Å². The van der Waals surface area contributed by atoms with Crippen molar-refractivity contribution in [2.24, 2.45) is 0 Å². The fourth-order valence-corrected chi connectivity index (χ4v) is 2.55. The molecule has 0 radical (unpaired) electrons. The first-order chi connectivity index (χ1) is 7.67. The van der Waals surface area contributed by atoms with Crippen molar-refractivity contribution in [1.29, 1.82) is 0 Å². The zero-order chi connectivity index (χ0) is 11.6. The van der Waals surface area contributed by atoms with Gasteiger partial charge in [0.25, 0.3) is 0 Å². The summed E-state index contributed by atoms with van der Waals surface area (Å²) in [6.07, 6.45) is 3.49. The van der Waals surface area contributed by atoms with Crippen LogP contribution in [-0.4, -0.2) is 23.7 Å². The average molecular weight is 219 g/mol. The maximum absolute atomic E-state index is 11.5. The van der Waals surface area contributed by atoms with Gasteiger partial charge in [-0.1, -0.05) is 31.0 Å². The van der Waals surface area contributed by atoms with E-state index in [1.165, 1.54) is 0 Å². The smallest absolute Gasteiger partial charge is 0.329 e. The number of rotatable bonds is 3. The van der Waals surface area contributed by atoms with Crippen LogP contribution in [0.15, 0.2) is 30.3 Å². The van der Waals surface area contributed by atoms with E-state index in [0.29, 0.717) is 0 Å². The lowest BCUT2D eigenvalue weighted by molar-refractivity contribution is -0.143. The average Bonchev–Trinajstić information content (AvgIpc) is 2.79. The van der Waals surface area contributed by atoms with Gasteiger partial charge in [0, 0.05) is 12.7 Å². The van der Waals surface area contributed by atoms with E-state index in [-0.39, 0.29) is 0 Å². The third-order valence-corrected chi connectivity index (χ3v) is 3.61. The van der Waals surface area contributed by atoms with Crippen molar-refractivity contribution in [3.8, 4) is 0 Å². The molecule has 0 aromatic heterocycles. The molecule has 2 rings (SSSR count). The molecule has 0 spiro atoms. The minimum atomic E-state index is -0.698. The Kier molecular flexibility index (Phi) is 2.86. The first-order valence-electron chi connectivity index (χ1n) is 5.69. The second kappa shape index (κ2) is 4.16. The van der Waals surface area contributed by atoms with Crippen LogP contribution in [0.2, 0.25) is 0 Å². The highest BCUT2D eigenvalue weighted by molar-refractivity contribution is 5.84. The highest BCUT2D eigenvalue weighted by atomic mass is 16.4. The normalized spacial score (nSPS) is 18.3. The summed E-state index contributed by atoms with van der Waals surface area (Å²) >= 11 is 0. The van der Waals surface area contributed by atoms with Crippen molar-refractivity contribution in [1.82, 2.24) is 0 Å². The van der Waals surface area contributed by atoms with Crippen molar-refractivity contribution in [3.05, 3.63) is 30.3 Å². The molecular formula is C13H17NO2. The lowest BCUT2D eigenvalue weighted by atomic mass is 9.95. The van der Waals surface area contributed by atoms with Gasteiger partial charge in [-0.3, -0.25) is 0 Å². The Balaban J connectivity index is 2.31. The molecule has 1 aromatic carbocycles. The molecule has 1 aromatic rings. The fourth-order valence-electron chi connectivity index (χ4n) is 2.55. The summed E-state index contributed by atoms with van der Waals surface area (Å²) in [7, 11) is 1.88. The van der Waals surface area contributed by atoms with Crippen molar-refractivity contribution in [2.75, 3.05) is 11.9 Å². The van der Waals surface area contributed by atoms with E-state index in [0.717, 1.165) is 31.4 Å². The van der Waals surface area contributed by atoms with Crippen LogP contribution in [0.3, 0.4) is 0 Å². The molecule has 3 nitrogen and oxygen atoms in total. The second-order valence-corrected chi connectivity index (χ2v) is 4.44. The molecule has 1 aliphatic carbocycles. The summed E-state index contributed by atoms with van der Waals surface area (Å²) in [5, 5.41) is 9.45. The van der Waals surface area contributed by atoms with Gasteiger partial charge in [0.05, 0.1) is 0 Å². The van der Waals surface area contributed by atoms with E-state index in [2.05, 4.69) is 0 Å². The van der Waals surface area contributed by atoms with Crippen LogP contribution in [-0.2, 0) is 4.79 Å². The van der Waals surface area contributed by atoms with E-state index >= 15 is 0 Å². The van der Waals surface area contributed by atoms with Crippen molar-refractivity contribution >= 4 is 11.7 Å². The first-order valence-corrected chi connectivity index (χ1v) is 5.69. The number of likely N-dealkylation sites (N-methyl/N-ethyl adjacent to an activating group) is 1. The summed E-state index contributed by atoms with van der Waals surface area (Å²) in [4.78, 5) is 13.4. The predicted molar refractivity (Wildman–Crippen MR) is 63.7 cm³/mol. The summed E-state index contributed by atoms with van der Waals surface area (Å²) in [5.74, 6) is -0.698. The van der Waals surface area contributed by atoms with E-state index in [1.807, 2.05) is 42.3 Å². The summed E-state index contributed by atoms with van der Waals surface area (Å²) in [6, 6.07) is 9.75. The molecule has 0 amide bonds. The molecule has 0 atom stereocenters. The van der Waals surface area contributed by atoms with E-state index in [9.17, 15) is 9.90 Å². The molecule has 0 aliphatic heterocycles. The van der Waals surface area contributed by atoms with Gasteiger partial charge in [-0.2, -0.15) is 0 Å². The number of benzene rings is 1. The number of hydrogen-bond donors (Lipinski definition) is 1. The molecule has 1 N–H and O–H groups in total. The molecule has 16 heavy (non-hydrogen) atoms. The lowest BCUT2D eigenvalue weighted by Crippen LogP contribution is -2.51. The van der Waals surface area contributed by atoms with Crippen LogP contribution in [0.25, 0.3) is 0 Å². The molecular weight excluding hydrogens is 202 g/mol. The Hall–Kier alpha value is -1.51. The molecule has 3 heteroatoms. The Morgan fingerprint density at radius 1 is 1.25 bits per heavy atom. The van der Waals surface area contributed by atoms with Gasteiger partial charge in [0.1, 0.15) is 5.54 Å². The third kappa shape index (κ3) is 1.66. The minimum Gasteiger partial charge on any atom is -0.479 e. The third-order valence-electron chi connectivity index (χ3n) is 3.61. The van der Waals surface area contributed by atoms with Crippen LogP contribution in [0.1, 0.15) is 25.7 Å². The number of hydrogen-bond acceptors (Lipinski definition) is 2. The van der Waals surface area contributed by atoms with Crippen LogP contribution in [0.4, 0.5) is 5.69 Å². The fraction of sp³-hybridized carbons (Fsp3) is 0.462. The van der Waals surface area contributed by atoms with Gasteiger partial charge in [0.15, 0.2) is 0 Å². The monoisotopic (exact) mass is 219 g/mol. The molecule has 0 heterocycles. The standard InChI is InChI=1S/C13H17NO2/c1-14(11-7-3-2-4-8-11)13(12(15)16)9-5-6-10-13/h2-4,7-8H,5-6,9-10H2,1H3,(H,15,16). The maximum Gasteiger partial charge on any atom is 0.329 e. The van der Waals surface area contributed by atoms with Gasteiger partial charge in [-0.05, 0) is 25.0 Å². The van der Waals surface area contributed by atoms with Gasteiger partial charge < -0.3 is 10.0 Å². The minimum absolute atomic E-state index is 0.693. The number of carboxylic acids is 1. The summed E-state index contributed by atoms with van der Waals surface area (Å²) < 4.78 is 0. The van der Waals surface area contributed by atoms with Crippen LogP contribution >= 0.6 is 0 Å². The number of nitrogens with zero attached hydrogens (tertiary/aromatic N) is 1. The molecule has 1 saturated carbocycles. The van der Waals surface area contributed by atoms with Crippen LogP contribution in [0, 0.1) is 0 Å². The Bertz CT molecular complexity index is 369. The second-order valence-electron chi connectivity index (χ2n) is 4.44. The number of aliphatic carboxylic acids is 1. The number of carboxylic acid groups (broad SMARTS) is 1. The van der Waals surface area contributed by atoms with Gasteiger partial charge in [-0.25, -0.2) is 4.79 Å². The SMILES string of the molecule is CN(c1ccccc1)C1(C(=O)O)CCCC1. The van der Waals surface area contributed by atoms with E-state index < -0.39 is 11.5 Å². The first kappa shape index (κ1) is 11.0.